The number of aliphatic hydroxyl groups excluding tert-OH is 1. The fourth-order valence-corrected chi connectivity index (χ4v) is 5.38. The molecule has 1 aliphatic rings. The van der Waals surface area contributed by atoms with E-state index >= 15 is 0 Å². The minimum Gasteiger partial charge on any atom is -0.491 e. The van der Waals surface area contributed by atoms with Crippen molar-refractivity contribution in [1.82, 2.24) is 0 Å². The van der Waals surface area contributed by atoms with E-state index in [1.165, 1.54) is 22.3 Å². The van der Waals surface area contributed by atoms with Gasteiger partial charge in [-0.25, -0.2) is 0 Å². The Kier molecular flexibility index (Phi) is 9.00. The largest absolute Gasteiger partial charge is 0.491 e. The molecule has 2 aromatic rings. The molecular formula is C30H42O5. The number of carboxylic acid groups (broad SMARTS) is 1. The Balaban J connectivity index is 1.76. The zero-order chi connectivity index (χ0) is 25.6. The van der Waals surface area contributed by atoms with Crippen LogP contribution in [0.5, 0.6) is 5.75 Å². The van der Waals surface area contributed by atoms with Crippen molar-refractivity contribution in [2.75, 3.05) is 6.61 Å². The van der Waals surface area contributed by atoms with Crippen LogP contribution in [0.4, 0.5) is 0 Å². The van der Waals surface area contributed by atoms with Crippen molar-refractivity contribution in [3.63, 3.8) is 0 Å². The molecular weight excluding hydrogens is 440 g/mol. The molecule has 0 aromatic heterocycles. The van der Waals surface area contributed by atoms with Crippen molar-refractivity contribution in [1.29, 1.82) is 0 Å². The van der Waals surface area contributed by atoms with Gasteiger partial charge in [-0.3, -0.25) is 4.79 Å². The molecule has 1 atom stereocenters. The first-order valence-corrected chi connectivity index (χ1v) is 13.1. The van der Waals surface area contributed by atoms with E-state index < -0.39 is 17.7 Å². The number of aliphatic carboxylic acids is 1. The Hall–Kier alpha value is -2.37. The van der Waals surface area contributed by atoms with Crippen molar-refractivity contribution in [2.45, 2.75) is 103 Å². The molecule has 1 saturated carbocycles. The number of rotatable bonds is 13. The highest BCUT2D eigenvalue weighted by atomic mass is 16.5. The van der Waals surface area contributed by atoms with Crippen LogP contribution in [-0.2, 0) is 16.6 Å². The summed E-state index contributed by atoms with van der Waals surface area (Å²) < 4.78 is 5.81. The lowest BCUT2D eigenvalue weighted by Gasteiger charge is -2.37. The quantitative estimate of drug-likeness (QED) is 0.333. The molecule has 5 heteroatoms. The summed E-state index contributed by atoms with van der Waals surface area (Å²) in [6.45, 7) is 8.74. The van der Waals surface area contributed by atoms with Crippen LogP contribution in [0, 0.1) is 13.8 Å². The van der Waals surface area contributed by atoms with Crippen LogP contribution >= 0.6 is 0 Å². The lowest BCUT2D eigenvalue weighted by atomic mass is 9.69. The Morgan fingerprint density at radius 1 is 1.06 bits per heavy atom. The van der Waals surface area contributed by atoms with Gasteiger partial charge in [0.2, 0.25) is 0 Å². The standard InChI is InChI=1S/C30H42O5/c1-5-30(6-2,24-9-8-23(21(3)18-24)14-17-29(34)15-7-16-29)25-10-12-27(22(4)19-25)35-20-26(31)11-13-28(32)33/h8-10,12,18-19,26,31,34H,5-7,11,13-17,20H2,1-4H3,(H,32,33)/t26-/m0/s1. The van der Waals surface area contributed by atoms with Gasteiger partial charge in [0, 0.05) is 11.8 Å². The van der Waals surface area contributed by atoms with Gasteiger partial charge in [-0.15, -0.1) is 0 Å². The monoisotopic (exact) mass is 482 g/mol. The van der Waals surface area contributed by atoms with Crippen molar-refractivity contribution in [3.05, 3.63) is 64.2 Å². The summed E-state index contributed by atoms with van der Waals surface area (Å²) >= 11 is 0. The third-order valence-electron chi connectivity index (χ3n) is 8.10. The average molecular weight is 483 g/mol. The fraction of sp³-hybridized carbons (Fsp3) is 0.567. The van der Waals surface area contributed by atoms with Crippen molar-refractivity contribution >= 4 is 5.97 Å². The maximum Gasteiger partial charge on any atom is 0.303 e. The fourth-order valence-electron chi connectivity index (χ4n) is 5.38. The summed E-state index contributed by atoms with van der Waals surface area (Å²) in [6, 6.07) is 13.1. The number of aliphatic hydroxyl groups is 2. The van der Waals surface area contributed by atoms with E-state index in [2.05, 4.69) is 51.1 Å². The Morgan fingerprint density at radius 3 is 2.20 bits per heavy atom. The van der Waals surface area contributed by atoms with E-state index in [1.54, 1.807) is 0 Å². The van der Waals surface area contributed by atoms with Crippen LogP contribution in [0.3, 0.4) is 0 Å². The number of hydrogen-bond acceptors (Lipinski definition) is 4. The van der Waals surface area contributed by atoms with E-state index in [1.807, 2.05) is 13.0 Å². The third kappa shape index (κ3) is 6.45. The number of carbonyl (C=O) groups is 1. The topological polar surface area (TPSA) is 87.0 Å². The zero-order valence-electron chi connectivity index (χ0n) is 21.8. The van der Waals surface area contributed by atoms with E-state index in [0.717, 1.165) is 50.5 Å². The molecule has 0 unspecified atom stereocenters. The van der Waals surface area contributed by atoms with Gasteiger partial charge < -0.3 is 20.1 Å². The van der Waals surface area contributed by atoms with Gasteiger partial charge in [0.15, 0.2) is 0 Å². The highest BCUT2D eigenvalue weighted by Gasteiger charge is 2.34. The number of aryl methyl sites for hydroxylation is 3. The second-order valence-corrected chi connectivity index (χ2v) is 10.4. The Labute approximate surface area is 210 Å². The summed E-state index contributed by atoms with van der Waals surface area (Å²) in [6.07, 6.45) is 5.99. The van der Waals surface area contributed by atoms with Crippen molar-refractivity contribution < 1.29 is 24.9 Å². The van der Waals surface area contributed by atoms with Gasteiger partial charge in [-0.05, 0) is 99.1 Å². The third-order valence-corrected chi connectivity index (χ3v) is 8.10. The summed E-state index contributed by atoms with van der Waals surface area (Å²) in [5, 5.41) is 29.3. The van der Waals surface area contributed by atoms with E-state index in [-0.39, 0.29) is 24.9 Å². The summed E-state index contributed by atoms with van der Waals surface area (Å²) in [5.74, 6) is -0.205. The molecule has 0 aliphatic heterocycles. The minimum absolute atomic E-state index is 0.0724. The molecule has 0 bridgehead atoms. The summed E-state index contributed by atoms with van der Waals surface area (Å²) in [5.41, 5.74) is 5.59. The molecule has 5 nitrogen and oxygen atoms in total. The summed E-state index contributed by atoms with van der Waals surface area (Å²) in [4.78, 5) is 10.7. The first kappa shape index (κ1) is 27.2. The zero-order valence-corrected chi connectivity index (χ0v) is 21.8. The molecule has 0 amide bonds. The molecule has 2 aromatic carbocycles. The van der Waals surface area contributed by atoms with E-state index in [9.17, 15) is 15.0 Å². The number of ether oxygens (including phenoxy) is 1. The molecule has 0 radical (unpaired) electrons. The van der Waals surface area contributed by atoms with Crippen molar-refractivity contribution in [3.8, 4) is 5.75 Å². The van der Waals surface area contributed by atoms with Crippen LogP contribution in [0.25, 0.3) is 0 Å². The first-order chi connectivity index (χ1) is 16.6. The van der Waals surface area contributed by atoms with Gasteiger partial charge in [0.05, 0.1) is 11.7 Å². The van der Waals surface area contributed by atoms with Gasteiger partial charge in [-0.1, -0.05) is 44.2 Å². The number of hydrogen-bond donors (Lipinski definition) is 3. The summed E-state index contributed by atoms with van der Waals surface area (Å²) in [7, 11) is 0. The molecule has 0 heterocycles. The maximum absolute atomic E-state index is 10.7. The van der Waals surface area contributed by atoms with E-state index in [4.69, 9.17) is 9.84 Å². The van der Waals surface area contributed by atoms with Crippen molar-refractivity contribution in [2.24, 2.45) is 0 Å². The lowest BCUT2D eigenvalue weighted by molar-refractivity contribution is -0.137. The normalized spacial score (nSPS) is 15.9. The molecule has 1 fully saturated rings. The first-order valence-electron chi connectivity index (χ1n) is 13.1. The van der Waals surface area contributed by atoms with Crippen LogP contribution in [0.2, 0.25) is 0 Å². The number of carboxylic acids is 1. The predicted octanol–water partition coefficient (Wildman–Crippen LogP) is 5.86. The molecule has 35 heavy (non-hydrogen) atoms. The molecule has 3 rings (SSSR count). The van der Waals surface area contributed by atoms with Gasteiger partial charge in [-0.2, -0.15) is 0 Å². The Bertz CT molecular complexity index is 1000. The second-order valence-electron chi connectivity index (χ2n) is 10.4. The molecule has 3 N–H and O–H groups in total. The lowest BCUT2D eigenvalue weighted by Crippen LogP contribution is -2.37. The maximum atomic E-state index is 10.7. The molecule has 0 spiro atoms. The van der Waals surface area contributed by atoms with Crippen LogP contribution in [0.1, 0.15) is 93.0 Å². The SMILES string of the molecule is CCC(CC)(c1ccc(CCC2(O)CCC2)c(C)c1)c1ccc(OC[C@@H](O)CCC(=O)O)c(C)c1. The van der Waals surface area contributed by atoms with E-state index in [0.29, 0.717) is 5.75 Å². The second kappa shape index (κ2) is 11.6. The highest BCUT2D eigenvalue weighted by molar-refractivity contribution is 5.66. The smallest absolute Gasteiger partial charge is 0.303 e. The van der Waals surface area contributed by atoms with Gasteiger partial charge in [0.25, 0.3) is 0 Å². The van der Waals surface area contributed by atoms with Crippen LogP contribution in [-0.4, -0.2) is 39.6 Å². The predicted molar refractivity (Wildman–Crippen MR) is 139 cm³/mol. The highest BCUT2D eigenvalue weighted by Crippen LogP contribution is 2.41. The molecule has 0 saturated heterocycles. The average Bonchev–Trinajstić information content (AvgIpc) is 2.81. The van der Waals surface area contributed by atoms with Gasteiger partial charge >= 0.3 is 5.97 Å². The minimum atomic E-state index is -0.918. The van der Waals surface area contributed by atoms with Crippen LogP contribution in [0.15, 0.2) is 36.4 Å². The van der Waals surface area contributed by atoms with Crippen LogP contribution < -0.4 is 4.74 Å². The Morgan fingerprint density at radius 2 is 1.69 bits per heavy atom. The molecule has 192 valence electrons. The molecule has 1 aliphatic carbocycles. The van der Waals surface area contributed by atoms with Gasteiger partial charge in [0.1, 0.15) is 12.4 Å². The number of benzene rings is 2.